The summed E-state index contributed by atoms with van der Waals surface area (Å²) >= 11 is 0. The number of aliphatic hydroxyl groups excluding tert-OH is 1. The van der Waals surface area contributed by atoms with Gasteiger partial charge >= 0.3 is 0 Å². The van der Waals surface area contributed by atoms with Gasteiger partial charge in [-0.1, -0.05) is 94.6 Å². The molecule has 0 saturated carbocycles. The van der Waals surface area contributed by atoms with Gasteiger partial charge in [-0.15, -0.1) is 0 Å². The van der Waals surface area contributed by atoms with Crippen LogP contribution in [0.1, 0.15) is 71.1 Å². The van der Waals surface area contributed by atoms with Crippen molar-refractivity contribution in [1.29, 1.82) is 0 Å². The van der Waals surface area contributed by atoms with Crippen molar-refractivity contribution in [2.75, 3.05) is 0 Å². The predicted octanol–water partition coefficient (Wildman–Crippen LogP) is 6.12. The van der Waals surface area contributed by atoms with E-state index in [1.54, 1.807) is 6.08 Å². The molecule has 0 rings (SSSR count). The molecule has 1 heteroatoms. The molecule has 0 bridgehead atoms. The van der Waals surface area contributed by atoms with Gasteiger partial charge in [0, 0.05) is 0 Å². The molecular formula is C20H34O. The van der Waals surface area contributed by atoms with Crippen LogP contribution in [0.5, 0.6) is 0 Å². The van der Waals surface area contributed by atoms with E-state index in [2.05, 4.69) is 25.7 Å². The molecule has 21 heavy (non-hydrogen) atoms. The Morgan fingerprint density at radius 1 is 0.810 bits per heavy atom. The number of rotatable bonds is 14. The third kappa shape index (κ3) is 16.9. The standard InChI is InChI=1S/C20H34O/c1-3-5-7-8-9-10-11-12-13-14-15-17-19-20(21)18-16-6-4-2/h3,5,7-11,20-21H,1,4,6,12-19H2,2H3. The maximum absolute atomic E-state index is 9.81. The lowest BCUT2D eigenvalue weighted by Crippen LogP contribution is -2.05. The van der Waals surface area contributed by atoms with Crippen LogP contribution in [0.25, 0.3) is 0 Å². The Balaban J connectivity index is 3.32. The van der Waals surface area contributed by atoms with Gasteiger partial charge < -0.3 is 5.11 Å². The van der Waals surface area contributed by atoms with E-state index in [1.807, 2.05) is 24.3 Å². The van der Waals surface area contributed by atoms with Crippen molar-refractivity contribution in [3.8, 4) is 0 Å². The SMILES string of the molecule is C=CC=CC=CC=CCCCCCCC(O)CCCCC. The molecule has 0 aromatic rings. The van der Waals surface area contributed by atoms with E-state index in [0.29, 0.717) is 0 Å². The van der Waals surface area contributed by atoms with Crippen LogP contribution >= 0.6 is 0 Å². The molecule has 0 aromatic carbocycles. The third-order valence-electron chi connectivity index (χ3n) is 3.52. The second-order valence-corrected chi connectivity index (χ2v) is 5.57. The molecule has 0 spiro atoms. The van der Waals surface area contributed by atoms with Crippen molar-refractivity contribution >= 4 is 0 Å². The van der Waals surface area contributed by atoms with Gasteiger partial charge in [-0.2, -0.15) is 0 Å². The maximum atomic E-state index is 9.81. The van der Waals surface area contributed by atoms with E-state index >= 15 is 0 Å². The second-order valence-electron chi connectivity index (χ2n) is 5.57. The minimum atomic E-state index is -0.0646. The van der Waals surface area contributed by atoms with Crippen molar-refractivity contribution in [3.63, 3.8) is 0 Å². The van der Waals surface area contributed by atoms with Crippen molar-refractivity contribution in [2.24, 2.45) is 0 Å². The Morgan fingerprint density at radius 3 is 2.14 bits per heavy atom. The average Bonchev–Trinajstić information content (AvgIpc) is 2.48. The van der Waals surface area contributed by atoms with Crippen molar-refractivity contribution in [2.45, 2.75) is 77.2 Å². The summed E-state index contributed by atoms with van der Waals surface area (Å²) in [6.07, 6.45) is 25.7. The van der Waals surface area contributed by atoms with Gasteiger partial charge in [-0.3, -0.25) is 0 Å². The Hall–Kier alpha value is -1.08. The van der Waals surface area contributed by atoms with E-state index in [4.69, 9.17) is 0 Å². The molecule has 0 aliphatic rings. The molecule has 0 aliphatic carbocycles. The van der Waals surface area contributed by atoms with Crippen LogP contribution in [0.15, 0.2) is 49.1 Å². The highest BCUT2D eigenvalue weighted by atomic mass is 16.3. The van der Waals surface area contributed by atoms with Crippen LogP contribution in [0.2, 0.25) is 0 Å². The van der Waals surface area contributed by atoms with E-state index in [1.165, 1.54) is 44.9 Å². The zero-order valence-electron chi connectivity index (χ0n) is 13.8. The topological polar surface area (TPSA) is 20.2 Å². The highest BCUT2D eigenvalue weighted by Crippen LogP contribution is 2.12. The van der Waals surface area contributed by atoms with E-state index in [9.17, 15) is 5.11 Å². The number of hydrogen-bond donors (Lipinski definition) is 1. The fraction of sp³-hybridized carbons (Fsp3) is 0.600. The molecule has 0 aromatic heterocycles. The summed E-state index contributed by atoms with van der Waals surface area (Å²) in [6.45, 7) is 5.82. The Bertz CT molecular complexity index is 299. The zero-order valence-corrected chi connectivity index (χ0v) is 13.8. The lowest BCUT2D eigenvalue weighted by atomic mass is 10.0. The Morgan fingerprint density at radius 2 is 1.43 bits per heavy atom. The van der Waals surface area contributed by atoms with Crippen LogP contribution in [0.4, 0.5) is 0 Å². The summed E-state index contributed by atoms with van der Waals surface area (Å²) in [5, 5.41) is 9.81. The van der Waals surface area contributed by atoms with Crippen molar-refractivity contribution in [3.05, 3.63) is 49.1 Å². The maximum Gasteiger partial charge on any atom is 0.0540 e. The predicted molar refractivity (Wildman–Crippen MR) is 95.5 cm³/mol. The summed E-state index contributed by atoms with van der Waals surface area (Å²) in [4.78, 5) is 0. The van der Waals surface area contributed by atoms with Gasteiger partial charge in [-0.05, 0) is 25.7 Å². The number of aliphatic hydroxyl groups is 1. The molecule has 1 atom stereocenters. The molecule has 1 N–H and O–H groups in total. The third-order valence-corrected chi connectivity index (χ3v) is 3.52. The largest absolute Gasteiger partial charge is 0.393 e. The van der Waals surface area contributed by atoms with Gasteiger partial charge in [0.1, 0.15) is 0 Å². The molecule has 0 radical (unpaired) electrons. The minimum absolute atomic E-state index is 0.0646. The molecule has 1 unspecified atom stereocenters. The van der Waals surface area contributed by atoms with E-state index in [-0.39, 0.29) is 6.10 Å². The molecular weight excluding hydrogens is 256 g/mol. The quantitative estimate of drug-likeness (QED) is 0.302. The first-order chi connectivity index (χ1) is 10.3. The summed E-state index contributed by atoms with van der Waals surface area (Å²) in [6, 6.07) is 0. The van der Waals surface area contributed by atoms with Gasteiger partial charge in [0.15, 0.2) is 0 Å². The van der Waals surface area contributed by atoms with Crippen LogP contribution < -0.4 is 0 Å². The van der Waals surface area contributed by atoms with Crippen molar-refractivity contribution < 1.29 is 5.11 Å². The summed E-state index contributed by atoms with van der Waals surface area (Å²) in [7, 11) is 0. The molecule has 1 nitrogen and oxygen atoms in total. The number of unbranched alkanes of at least 4 members (excludes halogenated alkanes) is 6. The van der Waals surface area contributed by atoms with Crippen LogP contribution in [0.3, 0.4) is 0 Å². The molecule has 0 saturated heterocycles. The van der Waals surface area contributed by atoms with Crippen LogP contribution in [-0.2, 0) is 0 Å². The first kappa shape index (κ1) is 19.9. The van der Waals surface area contributed by atoms with E-state index < -0.39 is 0 Å². The molecule has 0 fully saturated rings. The average molecular weight is 290 g/mol. The van der Waals surface area contributed by atoms with Crippen molar-refractivity contribution in [1.82, 2.24) is 0 Å². The monoisotopic (exact) mass is 290 g/mol. The highest BCUT2D eigenvalue weighted by Gasteiger charge is 2.02. The summed E-state index contributed by atoms with van der Waals surface area (Å²) in [5.74, 6) is 0. The van der Waals surface area contributed by atoms with Gasteiger partial charge in [0.25, 0.3) is 0 Å². The normalized spacial score (nSPS) is 13.6. The first-order valence-electron chi connectivity index (χ1n) is 8.60. The molecule has 0 aliphatic heterocycles. The Kier molecular flexibility index (Phi) is 16.1. The molecule has 120 valence electrons. The lowest BCUT2D eigenvalue weighted by Gasteiger charge is -2.09. The zero-order chi connectivity index (χ0) is 15.6. The van der Waals surface area contributed by atoms with Crippen LogP contribution in [-0.4, -0.2) is 11.2 Å². The smallest absolute Gasteiger partial charge is 0.0540 e. The van der Waals surface area contributed by atoms with Gasteiger partial charge in [0.05, 0.1) is 6.10 Å². The number of allylic oxidation sites excluding steroid dienone is 7. The highest BCUT2D eigenvalue weighted by molar-refractivity contribution is 5.14. The van der Waals surface area contributed by atoms with Gasteiger partial charge in [0.2, 0.25) is 0 Å². The summed E-state index contributed by atoms with van der Waals surface area (Å²) in [5.41, 5.74) is 0. The second kappa shape index (κ2) is 17.0. The molecule has 0 amide bonds. The Labute approximate surface area is 132 Å². The summed E-state index contributed by atoms with van der Waals surface area (Å²) < 4.78 is 0. The van der Waals surface area contributed by atoms with E-state index in [0.717, 1.165) is 19.3 Å². The molecule has 0 heterocycles. The van der Waals surface area contributed by atoms with Crippen LogP contribution in [0, 0.1) is 0 Å². The number of hydrogen-bond acceptors (Lipinski definition) is 1. The van der Waals surface area contributed by atoms with Gasteiger partial charge in [-0.25, -0.2) is 0 Å². The fourth-order valence-electron chi connectivity index (χ4n) is 2.22. The fourth-order valence-corrected chi connectivity index (χ4v) is 2.22. The lowest BCUT2D eigenvalue weighted by molar-refractivity contribution is 0.147. The first-order valence-corrected chi connectivity index (χ1v) is 8.60. The minimum Gasteiger partial charge on any atom is -0.393 e.